The van der Waals surface area contributed by atoms with Crippen LogP contribution < -0.4 is 5.73 Å². The predicted octanol–water partition coefficient (Wildman–Crippen LogP) is 2.74. The van der Waals surface area contributed by atoms with Gasteiger partial charge in [-0.25, -0.2) is 9.59 Å². The molecule has 0 fully saturated rings. The Labute approximate surface area is 136 Å². The van der Waals surface area contributed by atoms with Crippen molar-refractivity contribution in [2.45, 2.75) is 39.0 Å². The van der Waals surface area contributed by atoms with Gasteiger partial charge in [-0.05, 0) is 50.3 Å². The minimum Gasteiger partial charge on any atom is -0.462 e. The number of rotatable bonds is 5. The van der Waals surface area contributed by atoms with Crippen molar-refractivity contribution in [1.82, 2.24) is 0 Å². The second-order valence-corrected chi connectivity index (χ2v) is 5.44. The molecule has 0 heterocycles. The van der Waals surface area contributed by atoms with E-state index in [2.05, 4.69) is 0 Å². The molecule has 1 aliphatic carbocycles. The largest absolute Gasteiger partial charge is 0.462 e. The summed E-state index contributed by atoms with van der Waals surface area (Å²) in [5.74, 6) is -1.31. The quantitative estimate of drug-likeness (QED) is 0.297. The number of anilines is 1. The zero-order valence-electron chi connectivity index (χ0n) is 13.6. The molecule has 124 valence electrons. The van der Waals surface area contributed by atoms with E-state index in [0.717, 1.165) is 36.1 Å². The third-order valence-corrected chi connectivity index (χ3v) is 3.95. The fraction of sp³-hybridized carbons (Fsp3) is 0.444. The number of hydrogen-bond acceptors (Lipinski definition) is 5. The van der Waals surface area contributed by atoms with Crippen molar-refractivity contribution in [3.8, 4) is 0 Å². The fourth-order valence-electron chi connectivity index (χ4n) is 2.93. The van der Waals surface area contributed by atoms with E-state index in [1.165, 1.54) is 0 Å². The first kappa shape index (κ1) is 17.1. The molecular weight excluding hydrogens is 294 g/mol. The highest BCUT2D eigenvalue weighted by Crippen LogP contribution is 2.36. The molecule has 0 saturated heterocycles. The van der Waals surface area contributed by atoms with E-state index in [1.807, 2.05) is 18.2 Å². The number of ether oxygens (including phenoxy) is 2. The molecular formula is C18H23NO4. The van der Waals surface area contributed by atoms with Crippen LogP contribution in [0.15, 0.2) is 29.8 Å². The van der Waals surface area contributed by atoms with Gasteiger partial charge in [0.1, 0.15) is 5.57 Å². The Morgan fingerprint density at radius 2 is 1.87 bits per heavy atom. The van der Waals surface area contributed by atoms with E-state index < -0.39 is 11.9 Å². The number of hydrogen-bond donors (Lipinski definition) is 1. The molecule has 23 heavy (non-hydrogen) atoms. The molecule has 5 nitrogen and oxygen atoms in total. The Morgan fingerprint density at radius 3 is 2.48 bits per heavy atom. The van der Waals surface area contributed by atoms with E-state index in [-0.39, 0.29) is 24.7 Å². The Hall–Kier alpha value is -2.30. The summed E-state index contributed by atoms with van der Waals surface area (Å²) in [6.07, 6.45) is 4.41. The molecule has 0 saturated carbocycles. The van der Waals surface area contributed by atoms with Crippen molar-refractivity contribution >= 4 is 17.6 Å². The summed E-state index contributed by atoms with van der Waals surface area (Å²) in [5, 5.41) is 0. The third kappa shape index (κ3) is 3.92. The molecule has 5 heteroatoms. The topological polar surface area (TPSA) is 78.6 Å². The number of allylic oxidation sites excluding steroid dienone is 1. The number of benzene rings is 1. The first-order chi connectivity index (χ1) is 11.1. The smallest absolute Gasteiger partial charge is 0.345 e. The molecule has 1 aliphatic rings. The van der Waals surface area contributed by atoms with Gasteiger partial charge < -0.3 is 15.2 Å². The van der Waals surface area contributed by atoms with Gasteiger partial charge >= 0.3 is 11.9 Å². The summed E-state index contributed by atoms with van der Waals surface area (Å²) in [4.78, 5) is 24.2. The van der Waals surface area contributed by atoms with Gasteiger partial charge in [0.15, 0.2) is 0 Å². The van der Waals surface area contributed by atoms with E-state index in [0.29, 0.717) is 0 Å². The van der Waals surface area contributed by atoms with Gasteiger partial charge in [0, 0.05) is 11.6 Å². The highest BCUT2D eigenvalue weighted by Gasteiger charge is 2.26. The summed E-state index contributed by atoms with van der Waals surface area (Å²) in [5.41, 5.74) is 8.95. The van der Waals surface area contributed by atoms with Crippen LogP contribution in [0.1, 0.15) is 43.7 Å². The summed E-state index contributed by atoms with van der Waals surface area (Å²) in [6.45, 7) is 3.84. The average molecular weight is 317 g/mol. The van der Waals surface area contributed by atoms with Crippen LogP contribution in [0.2, 0.25) is 0 Å². The molecule has 2 N–H and O–H groups in total. The maximum Gasteiger partial charge on any atom is 0.345 e. The van der Waals surface area contributed by atoms with Crippen molar-refractivity contribution in [2.75, 3.05) is 18.9 Å². The maximum absolute atomic E-state index is 12.1. The predicted molar refractivity (Wildman–Crippen MR) is 87.9 cm³/mol. The molecule has 1 aromatic carbocycles. The van der Waals surface area contributed by atoms with E-state index in [4.69, 9.17) is 15.2 Å². The van der Waals surface area contributed by atoms with Gasteiger partial charge in [-0.15, -0.1) is 0 Å². The molecule has 1 unspecified atom stereocenters. The van der Waals surface area contributed by atoms with Crippen LogP contribution in [0.5, 0.6) is 0 Å². The Kier molecular flexibility index (Phi) is 5.79. The highest BCUT2D eigenvalue weighted by atomic mass is 16.6. The van der Waals surface area contributed by atoms with Gasteiger partial charge in [-0.3, -0.25) is 0 Å². The number of nitrogens with two attached hydrogens (primary N) is 1. The van der Waals surface area contributed by atoms with Gasteiger partial charge in [0.25, 0.3) is 0 Å². The average Bonchev–Trinajstić information content (AvgIpc) is 2.53. The molecule has 0 aromatic heterocycles. The van der Waals surface area contributed by atoms with Gasteiger partial charge in [-0.2, -0.15) is 0 Å². The van der Waals surface area contributed by atoms with Crippen LogP contribution in [-0.2, 0) is 25.5 Å². The fourth-order valence-corrected chi connectivity index (χ4v) is 2.93. The van der Waals surface area contributed by atoms with Crippen molar-refractivity contribution in [2.24, 2.45) is 0 Å². The van der Waals surface area contributed by atoms with E-state index in [1.54, 1.807) is 19.9 Å². The Bertz CT molecular complexity index is 601. The maximum atomic E-state index is 12.1. The number of esters is 2. The lowest BCUT2D eigenvalue weighted by Crippen LogP contribution is -2.20. The zero-order valence-corrected chi connectivity index (χ0v) is 13.6. The van der Waals surface area contributed by atoms with Gasteiger partial charge in [0.05, 0.1) is 13.2 Å². The molecule has 0 aliphatic heterocycles. The lowest BCUT2D eigenvalue weighted by Gasteiger charge is -2.24. The molecule has 1 aromatic rings. The second-order valence-electron chi connectivity index (χ2n) is 5.44. The van der Waals surface area contributed by atoms with Crippen LogP contribution >= 0.6 is 0 Å². The lowest BCUT2D eigenvalue weighted by molar-refractivity contribution is -0.146. The molecule has 2 rings (SSSR count). The van der Waals surface area contributed by atoms with Crippen LogP contribution in [0.25, 0.3) is 0 Å². The Balaban J connectivity index is 2.38. The number of nitrogen functional groups attached to an aromatic ring is 1. The van der Waals surface area contributed by atoms with Crippen molar-refractivity contribution in [3.63, 3.8) is 0 Å². The normalized spacial score (nSPS) is 16.2. The van der Waals surface area contributed by atoms with Crippen LogP contribution in [0.4, 0.5) is 5.69 Å². The molecule has 1 atom stereocenters. The van der Waals surface area contributed by atoms with Crippen LogP contribution in [-0.4, -0.2) is 25.2 Å². The SMILES string of the molecule is CCOC(=O)C(=CC1CCCc2c(N)cccc21)C(=O)OCC. The summed E-state index contributed by atoms with van der Waals surface area (Å²) in [7, 11) is 0. The first-order valence-corrected chi connectivity index (χ1v) is 8.01. The molecule has 0 spiro atoms. The molecule has 0 bridgehead atoms. The number of carbonyl (C=O) groups is 2. The van der Waals surface area contributed by atoms with E-state index >= 15 is 0 Å². The monoisotopic (exact) mass is 317 g/mol. The minimum absolute atomic E-state index is 0.0334. The lowest BCUT2D eigenvalue weighted by atomic mass is 9.81. The third-order valence-electron chi connectivity index (χ3n) is 3.95. The van der Waals surface area contributed by atoms with E-state index in [9.17, 15) is 9.59 Å². The molecule has 0 amide bonds. The van der Waals surface area contributed by atoms with Crippen molar-refractivity contribution in [3.05, 3.63) is 41.0 Å². The summed E-state index contributed by atoms with van der Waals surface area (Å²) >= 11 is 0. The number of carbonyl (C=O) groups excluding carboxylic acids is 2. The first-order valence-electron chi connectivity index (χ1n) is 8.01. The Morgan fingerprint density at radius 1 is 1.22 bits per heavy atom. The van der Waals surface area contributed by atoms with Crippen LogP contribution in [0.3, 0.4) is 0 Å². The van der Waals surface area contributed by atoms with Crippen LogP contribution in [0, 0.1) is 0 Å². The minimum atomic E-state index is -0.637. The zero-order chi connectivity index (χ0) is 16.8. The van der Waals surface area contributed by atoms with Gasteiger partial charge in [0.2, 0.25) is 0 Å². The highest BCUT2D eigenvalue weighted by molar-refractivity contribution is 6.14. The number of fused-ring (bicyclic) bond motifs is 1. The van der Waals surface area contributed by atoms with Crippen molar-refractivity contribution in [1.29, 1.82) is 0 Å². The summed E-state index contributed by atoms with van der Waals surface area (Å²) in [6, 6.07) is 5.78. The second kappa shape index (κ2) is 7.81. The van der Waals surface area contributed by atoms with Crippen molar-refractivity contribution < 1.29 is 19.1 Å². The van der Waals surface area contributed by atoms with Gasteiger partial charge in [-0.1, -0.05) is 18.2 Å². The molecule has 0 radical (unpaired) electrons. The standard InChI is InChI=1S/C18H23NO4/c1-3-22-17(20)15(18(21)23-4-2)11-12-7-5-9-14-13(12)8-6-10-16(14)19/h6,8,10-12H,3-5,7,9,19H2,1-2H3. The summed E-state index contributed by atoms with van der Waals surface area (Å²) < 4.78 is 9.98.